The fourth-order valence-corrected chi connectivity index (χ4v) is 3.43. The van der Waals surface area contributed by atoms with Gasteiger partial charge in [0.05, 0.1) is 5.54 Å². The van der Waals surface area contributed by atoms with Crippen LogP contribution in [0.25, 0.3) is 0 Å². The minimum absolute atomic E-state index is 0.139. The summed E-state index contributed by atoms with van der Waals surface area (Å²) in [6.45, 7) is 2.35. The normalized spacial score (nSPS) is 25.1. The lowest BCUT2D eigenvalue weighted by Gasteiger charge is -2.36. The highest BCUT2D eigenvalue weighted by molar-refractivity contribution is 7.09. The Morgan fingerprint density at radius 2 is 2.25 bits per heavy atom. The molecule has 2 aliphatic carbocycles. The summed E-state index contributed by atoms with van der Waals surface area (Å²) < 4.78 is 0. The average molecular weight is 236 g/mol. The lowest BCUT2D eigenvalue weighted by Crippen LogP contribution is -2.43. The second-order valence-corrected chi connectivity index (χ2v) is 6.48. The summed E-state index contributed by atoms with van der Waals surface area (Å²) in [5.74, 6) is 0.931. The maximum absolute atomic E-state index is 4.54. The topological polar surface area (TPSA) is 24.9 Å². The number of aromatic nitrogens is 1. The summed E-state index contributed by atoms with van der Waals surface area (Å²) in [5, 5.41) is 7.20. The highest BCUT2D eigenvalue weighted by Gasteiger charge is 2.38. The van der Waals surface area contributed by atoms with Crippen molar-refractivity contribution in [3.8, 4) is 0 Å². The predicted octanol–water partition coefficient (Wildman–Crippen LogP) is 3.30. The van der Waals surface area contributed by atoms with Crippen LogP contribution in [0.15, 0.2) is 11.6 Å². The maximum Gasteiger partial charge on any atom is 0.112 e. The second kappa shape index (κ2) is 4.11. The van der Waals surface area contributed by atoms with E-state index < -0.39 is 0 Å². The molecule has 2 nitrogen and oxygen atoms in total. The Kier molecular flexibility index (Phi) is 2.76. The number of hydrogen-bond acceptors (Lipinski definition) is 3. The molecule has 0 aromatic carbocycles. The highest BCUT2D eigenvalue weighted by atomic mass is 32.1. The Labute approximate surface area is 101 Å². The van der Waals surface area contributed by atoms with Gasteiger partial charge in [-0.1, -0.05) is 19.3 Å². The molecule has 2 saturated carbocycles. The van der Waals surface area contributed by atoms with E-state index in [0.717, 1.165) is 12.0 Å². The molecular formula is C13H20N2S. The van der Waals surface area contributed by atoms with Gasteiger partial charge in [0.15, 0.2) is 0 Å². The largest absolute Gasteiger partial charge is 0.303 e. The van der Waals surface area contributed by atoms with E-state index in [2.05, 4.69) is 22.6 Å². The lowest BCUT2D eigenvalue weighted by atomic mass is 9.76. The molecule has 0 spiro atoms. The highest BCUT2D eigenvalue weighted by Crippen LogP contribution is 2.40. The van der Waals surface area contributed by atoms with Crippen molar-refractivity contribution in [2.45, 2.75) is 57.0 Å². The van der Waals surface area contributed by atoms with Gasteiger partial charge in [0.2, 0.25) is 0 Å². The Morgan fingerprint density at radius 1 is 1.44 bits per heavy atom. The van der Waals surface area contributed by atoms with Gasteiger partial charge in [-0.3, -0.25) is 0 Å². The van der Waals surface area contributed by atoms with Crippen molar-refractivity contribution in [3.63, 3.8) is 0 Å². The molecule has 1 atom stereocenters. The molecule has 16 heavy (non-hydrogen) atoms. The van der Waals surface area contributed by atoms with Gasteiger partial charge in [0.25, 0.3) is 0 Å². The van der Waals surface area contributed by atoms with Gasteiger partial charge in [-0.05, 0) is 32.1 Å². The average Bonchev–Trinajstić information content (AvgIpc) is 2.84. The Balaban J connectivity index is 1.74. The third kappa shape index (κ3) is 2.16. The minimum Gasteiger partial charge on any atom is -0.303 e. The van der Waals surface area contributed by atoms with E-state index in [-0.39, 0.29) is 5.54 Å². The molecule has 3 heteroatoms. The van der Waals surface area contributed by atoms with Crippen molar-refractivity contribution in [1.82, 2.24) is 10.3 Å². The van der Waals surface area contributed by atoms with Crippen molar-refractivity contribution in [2.75, 3.05) is 0 Å². The van der Waals surface area contributed by atoms with Crippen molar-refractivity contribution in [2.24, 2.45) is 5.92 Å². The molecule has 1 aromatic rings. The zero-order chi connectivity index (χ0) is 11.0. The molecule has 1 N–H and O–H groups in total. The third-order valence-electron chi connectivity index (χ3n) is 3.93. The molecule has 1 unspecified atom stereocenters. The van der Waals surface area contributed by atoms with E-state index >= 15 is 0 Å². The molecule has 2 aliphatic rings. The molecule has 1 aromatic heterocycles. The van der Waals surface area contributed by atoms with Crippen LogP contribution in [-0.2, 0) is 5.54 Å². The molecule has 88 valence electrons. The first kappa shape index (κ1) is 10.7. The minimum atomic E-state index is 0.139. The monoisotopic (exact) mass is 236 g/mol. The van der Waals surface area contributed by atoms with Crippen LogP contribution in [0.2, 0.25) is 0 Å². The van der Waals surface area contributed by atoms with Crippen molar-refractivity contribution >= 4 is 11.3 Å². The number of nitrogens with one attached hydrogen (secondary N) is 1. The zero-order valence-electron chi connectivity index (χ0n) is 9.91. The van der Waals surface area contributed by atoms with Crippen LogP contribution in [0.3, 0.4) is 0 Å². The molecule has 2 fully saturated rings. The van der Waals surface area contributed by atoms with Crippen LogP contribution in [0.4, 0.5) is 0 Å². The molecular weight excluding hydrogens is 216 g/mol. The maximum atomic E-state index is 4.54. The van der Waals surface area contributed by atoms with Crippen molar-refractivity contribution < 1.29 is 0 Å². The van der Waals surface area contributed by atoms with Gasteiger partial charge >= 0.3 is 0 Å². The standard InChI is InChI=1S/C13H20N2S/c1-13(15-11-5-6-11,9-10-3-2-4-10)12-14-7-8-16-12/h7-8,10-11,15H,2-6,9H2,1H3. The smallest absolute Gasteiger partial charge is 0.112 e. The molecule has 0 amide bonds. The van der Waals surface area contributed by atoms with Crippen molar-refractivity contribution in [1.29, 1.82) is 0 Å². The Morgan fingerprint density at radius 3 is 2.75 bits per heavy atom. The van der Waals surface area contributed by atoms with E-state index in [1.807, 2.05) is 6.20 Å². The summed E-state index contributed by atoms with van der Waals surface area (Å²) in [5.41, 5.74) is 0.139. The van der Waals surface area contributed by atoms with Crippen LogP contribution in [0.1, 0.15) is 50.5 Å². The first-order chi connectivity index (χ1) is 7.76. The van der Waals surface area contributed by atoms with E-state index in [0.29, 0.717) is 0 Å². The quantitative estimate of drug-likeness (QED) is 0.848. The summed E-state index contributed by atoms with van der Waals surface area (Å²) >= 11 is 1.80. The number of nitrogens with zero attached hydrogens (tertiary/aromatic N) is 1. The number of hydrogen-bond donors (Lipinski definition) is 1. The van der Waals surface area contributed by atoms with E-state index in [1.165, 1.54) is 43.5 Å². The Hall–Kier alpha value is -0.410. The number of thiazole rings is 1. The van der Waals surface area contributed by atoms with Crippen LogP contribution < -0.4 is 5.32 Å². The fourth-order valence-electron chi connectivity index (χ4n) is 2.66. The first-order valence-corrected chi connectivity index (χ1v) is 7.32. The van der Waals surface area contributed by atoms with Gasteiger partial charge in [-0.25, -0.2) is 4.98 Å². The van der Waals surface area contributed by atoms with E-state index in [9.17, 15) is 0 Å². The molecule has 1 heterocycles. The fraction of sp³-hybridized carbons (Fsp3) is 0.769. The van der Waals surface area contributed by atoms with Crippen LogP contribution in [-0.4, -0.2) is 11.0 Å². The summed E-state index contributed by atoms with van der Waals surface area (Å²) in [6, 6.07) is 0.758. The van der Waals surface area contributed by atoms with Crippen LogP contribution in [0.5, 0.6) is 0 Å². The SMILES string of the molecule is CC(CC1CCC1)(NC1CC1)c1nccs1. The van der Waals surface area contributed by atoms with E-state index in [1.54, 1.807) is 11.3 Å². The first-order valence-electron chi connectivity index (χ1n) is 6.44. The van der Waals surface area contributed by atoms with Crippen LogP contribution >= 0.6 is 11.3 Å². The zero-order valence-corrected chi connectivity index (χ0v) is 10.7. The molecule has 3 rings (SSSR count). The number of rotatable bonds is 5. The van der Waals surface area contributed by atoms with E-state index in [4.69, 9.17) is 0 Å². The second-order valence-electron chi connectivity index (χ2n) is 5.59. The van der Waals surface area contributed by atoms with Crippen LogP contribution in [0, 0.1) is 5.92 Å². The molecule has 0 radical (unpaired) electrons. The summed E-state index contributed by atoms with van der Waals surface area (Å²) in [7, 11) is 0. The Bertz CT molecular complexity index is 341. The predicted molar refractivity (Wildman–Crippen MR) is 67.6 cm³/mol. The molecule has 0 bridgehead atoms. The van der Waals surface area contributed by atoms with Gasteiger partial charge in [0, 0.05) is 17.6 Å². The molecule has 0 aliphatic heterocycles. The van der Waals surface area contributed by atoms with Gasteiger partial charge in [0.1, 0.15) is 5.01 Å². The van der Waals surface area contributed by atoms with Crippen molar-refractivity contribution in [3.05, 3.63) is 16.6 Å². The van der Waals surface area contributed by atoms with Gasteiger partial charge in [-0.15, -0.1) is 11.3 Å². The lowest BCUT2D eigenvalue weighted by molar-refractivity contribution is 0.202. The molecule has 0 saturated heterocycles. The summed E-state index contributed by atoms with van der Waals surface area (Å²) in [4.78, 5) is 4.54. The third-order valence-corrected chi connectivity index (χ3v) is 4.96. The summed E-state index contributed by atoms with van der Waals surface area (Å²) in [6.07, 6.45) is 10.2. The van der Waals surface area contributed by atoms with Gasteiger partial charge in [-0.2, -0.15) is 0 Å². The van der Waals surface area contributed by atoms with Gasteiger partial charge < -0.3 is 5.32 Å².